The van der Waals surface area contributed by atoms with Crippen molar-refractivity contribution >= 4 is 16.0 Å². The lowest BCUT2D eigenvalue weighted by atomic mass is 10.0. The van der Waals surface area contributed by atoms with E-state index >= 15 is 0 Å². The molecule has 0 fully saturated rings. The van der Waals surface area contributed by atoms with Gasteiger partial charge in [0.1, 0.15) is 0 Å². The van der Waals surface area contributed by atoms with Gasteiger partial charge in [0.05, 0.1) is 6.54 Å². The molecule has 1 aromatic carbocycles. The van der Waals surface area contributed by atoms with Crippen LogP contribution in [0, 0.1) is 13.8 Å². The van der Waals surface area contributed by atoms with Crippen molar-refractivity contribution in [2.24, 2.45) is 0 Å². The average Bonchev–Trinajstić information content (AvgIpc) is 2.25. The first-order valence-electron chi connectivity index (χ1n) is 5.51. The molecule has 0 unspecified atom stereocenters. The molecule has 6 heteroatoms. The Morgan fingerprint density at radius 2 is 1.89 bits per heavy atom. The number of nitrogens with zero attached hydrogens (tertiary/aromatic N) is 1. The predicted molar refractivity (Wildman–Crippen MR) is 70.9 cm³/mol. The number of ketones is 1. The molecule has 0 amide bonds. The maximum atomic E-state index is 11.9. The van der Waals surface area contributed by atoms with Crippen LogP contribution in [-0.4, -0.2) is 39.1 Å². The second kappa shape index (κ2) is 5.60. The summed E-state index contributed by atoms with van der Waals surface area (Å²) < 4.78 is 26.2. The third kappa shape index (κ3) is 3.63. The molecule has 0 heterocycles. The van der Waals surface area contributed by atoms with Crippen molar-refractivity contribution < 1.29 is 13.2 Å². The van der Waals surface area contributed by atoms with Crippen LogP contribution < -0.4 is 4.72 Å². The Morgan fingerprint density at radius 3 is 2.39 bits per heavy atom. The Kier molecular flexibility index (Phi) is 4.61. The predicted octanol–water partition coefficient (Wildman–Crippen LogP) is 0.882. The van der Waals surface area contributed by atoms with Crippen molar-refractivity contribution in [2.45, 2.75) is 13.8 Å². The van der Waals surface area contributed by atoms with E-state index in [0.29, 0.717) is 5.56 Å². The fourth-order valence-electron chi connectivity index (χ4n) is 1.51. The van der Waals surface area contributed by atoms with Gasteiger partial charge in [-0.3, -0.25) is 4.79 Å². The van der Waals surface area contributed by atoms with Crippen molar-refractivity contribution in [3.8, 4) is 0 Å². The summed E-state index contributed by atoms with van der Waals surface area (Å²) in [4.78, 5) is 11.9. The molecule has 5 nitrogen and oxygen atoms in total. The molecule has 0 saturated heterocycles. The highest BCUT2D eigenvalue weighted by atomic mass is 32.2. The molecule has 0 bridgehead atoms. The molecule has 0 aromatic heterocycles. The summed E-state index contributed by atoms with van der Waals surface area (Å²) >= 11 is 0. The summed E-state index contributed by atoms with van der Waals surface area (Å²) in [5.41, 5.74) is 2.46. The minimum atomic E-state index is -3.56. The van der Waals surface area contributed by atoms with Crippen LogP contribution in [0.4, 0.5) is 0 Å². The Hall–Kier alpha value is -1.24. The summed E-state index contributed by atoms with van der Waals surface area (Å²) in [7, 11) is -0.746. The van der Waals surface area contributed by atoms with E-state index in [-0.39, 0.29) is 12.3 Å². The SMILES string of the molecule is Cc1ccc(C(=O)CNS(=O)(=O)N(C)C)c(C)c1. The van der Waals surface area contributed by atoms with E-state index in [1.165, 1.54) is 14.1 Å². The first-order valence-corrected chi connectivity index (χ1v) is 6.95. The van der Waals surface area contributed by atoms with E-state index < -0.39 is 10.2 Å². The van der Waals surface area contributed by atoms with Crippen LogP contribution in [0.25, 0.3) is 0 Å². The topological polar surface area (TPSA) is 66.5 Å². The van der Waals surface area contributed by atoms with E-state index in [0.717, 1.165) is 15.4 Å². The standard InChI is InChI=1S/C12H18N2O3S/c1-9-5-6-11(10(2)7-9)12(15)8-13-18(16,17)14(3)4/h5-7,13H,8H2,1-4H3. The molecular weight excluding hydrogens is 252 g/mol. The first kappa shape index (κ1) is 14.8. The molecule has 1 aromatic rings. The van der Waals surface area contributed by atoms with Gasteiger partial charge >= 0.3 is 0 Å². The number of Topliss-reactive ketones (excluding diaryl/α,β-unsaturated/α-hetero) is 1. The zero-order chi connectivity index (χ0) is 13.9. The van der Waals surface area contributed by atoms with E-state index in [1.807, 2.05) is 26.0 Å². The quantitative estimate of drug-likeness (QED) is 0.808. The molecule has 1 N–H and O–H groups in total. The number of hydrogen-bond donors (Lipinski definition) is 1. The molecule has 0 aliphatic rings. The highest BCUT2D eigenvalue weighted by Gasteiger charge is 2.16. The highest BCUT2D eigenvalue weighted by Crippen LogP contribution is 2.11. The van der Waals surface area contributed by atoms with Crippen LogP contribution in [0.2, 0.25) is 0 Å². The largest absolute Gasteiger partial charge is 0.293 e. The Balaban J connectivity index is 2.78. The Bertz CT molecular complexity index is 550. The molecule has 0 aliphatic carbocycles. The van der Waals surface area contributed by atoms with Gasteiger partial charge in [-0.05, 0) is 19.4 Å². The second-order valence-corrected chi connectivity index (χ2v) is 6.32. The smallest absolute Gasteiger partial charge is 0.279 e. The maximum Gasteiger partial charge on any atom is 0.279 e. The lowest BCUT2D eigenvalue weighted by molar-refractivity contribution is 0.0996. The number of carbonyl (C=O) groups is 1. The monoisotopic (exact) mass is 270 g/mol. The number of rotatable bonds is 5. The molecule has 0 spiro atoms. The molecule has 0 saturated carbocycles. The normalized spacial score (nSPS) is 11.8. The molecule has 0 radical (unpaired) electrons. The zero-order valence-corrected chi connectivity index (χ0v) is 11.8. The molecule has 0 aliphatic heterocycles. The summed E-state index contributed by atoms with van der Waals surface area (Å²) in [5, 5.41) is 0. The minimum Gasteiger partial charge on any atom is -0.293 e. The average molecular weight is 270 g/mol. The van der Waals surface area contributed by atoms with Crippen molar-refractivity contribution in [3.63, 3.8) is 0 Å². The third-order valence-electron chi connectivity index (χ3n) is 2.58. The lowest BCUT2D eigenvalue weighted by Gasteiger charge is -2.12. The van der Waals surface area contributed by atoms with Crippen LogP contribution in [0.1, 0.15) is 21.5 Å². The fourth-order valence-corrected chi connectivity index (χ4v) is 2.08. The van der Waals surface area contributed by atoms with Crippen molar-refractivity contribution in [3.05, 3.63) is 34.9 Å². The summed E-state index contributed by atoms with van der Waals surface area (Å²) in [6.07, 6.45) is 0. The van der Waals surface area contributed by atoms with Gasteiger partial charge in [0.2, 0.25) is 0 Å². The third-order valence-corrected chi connectivity index (χ3v) is 4.05. The number of nitrogens with one attached hydrogen (secondary N) is 1. The van der Waals surface area contributed by atoms with Crippen LogP contribution in [0.3, 0.4) is 0 Å². The van der Waals surface area contributed by atoms with Crippen molar-refractivity contribution in [2.75, 3.05) is 20.6 Å². The van der Waals surface area contributed by atoms with E-state index in [4.69, 9.17) is 0 Å². The van der Waals surface area contributed by atoms with Gasteiger partial charge in [0.15, 0.2) is 5.78 Å². The van der Waals surface area contributed by atoms with E-state index in [1.54, 1.807) is 6.07 Å². The van der Waals surface area contributed by atoms with E-state index in [9.17, 15) is 13.2 Å². The van der Waals surface area contributed by atoms with Crippen LogP contribution in [0.5, 0.6) is 0 Å². The lowest BCUT2D eigenvalue weighted by Crippen LogP contribution is -2.38. The first-order chi connectivity index (χ1) is 8.24. The van der Waals surface area contributed by atoms with Gasteiger partial charge in [-0.2, -0.15) is 17.4 Å². The number of aryl methyl sites for hydroxylation is 2. The number of hydrogen-bond acceptors (Lipinski definition) is 3. The molecule has 1 rings (SSSR count). The molecule has 100 valence electrons. The van der Waals surface area contributed by atoms with Gasteiger partial charge in [0.25, 0.3) is 10.2 Å². The zero-order valence-electron chi connectivity index (χ0n) is 11.0. The van der Waals surface area contributed by atoms with Crippen molar-refractivity contribution in [1.82, 2.24) is 9.03 Å². The van der Waals surface area contributed by atoms with Gasteiger partial charge in [-0.1, -0.05) is 23.8 Å². The van der Waals surface area contributed by atoms with Crippen LogP contribution in [0.15, 0.2) is 18.2 Å². The fraction of sp³-hybridized carbons (Fsp3) is 0.417. The van der Waals surface area contributed by atoms with Gasteiger partial charge < -0.3 is 0 Å². The minimum absolute atomic E-state index is 0.232. The molecular formula is C12H18N2O3S. The van der Waals surface area contributed by atoms with E-state index in [2.05, 4.69) is 4.72 Å². The van der Waals surface area contributed by atoms with Crippen molar-refractivity contribution in [1.29, 1.82) is 0 Å². The van der Waals surface area contributed by atoms with Gasteiger partial charge in [-0.25, -0.2) is 0 Å². The summed E-state index contributed by atoms with van der Waals surface area (Å²) in [5.74, 6) is -0.238. The second-order valence-electron chi connectivity index (χ2n) is 4.35. The molecule has 18 heavy (non-hydrogen) atoms. The Labute approximate surface area is 108 Å². The Morgan fingerprint density at radius 1 is 1.28 bits per heavy atom. The van der Waals surface area contributed by atoms with Gasteiger partial charge in [-0.15, -0.1) is 0 Å². The number of benzene rings is 1. The highest BCUT2D eigenvalue weighted by molar-refractivity contribution is 7.87. The number of carbonyl (C=O) groups excluding carboxylic acids is 1. The van der Waals surface area contributed by atoms with Crippen LogP contribution >= 0.6 is 0 Å². The summed E-state index contributed by atoms with van der Waals surface area (Å²) in [6, 6.07) is 5.45. The maximum absolute atomic E-state index is 11.9. The molecule has 0 atom stereocenters. The van der Waals surface area contributed by atoms with Crippen LogP contribution in [-0.2, 0) is 10.2 Å². The summed E-state index contributed by atoms with van der Waals surface area (Å²) in [6.45, 7) is 3.54. The van der Waals surface area contributed by atoms with Gasteiger partial charge in [0, 0.05) is 19.7 Å².